The normalized spacial score (nSPS) is 12.3. The van der Waals surface area contributed by atoms with Crippen molar-refractivity contribution in [3.8, 4) is 0 Å². The highest BCUT2D eigenvalue weighted by Gasteiger charge is 2.07. The first kappa shape index (κ1) is 15.6. The zero-order chi connectivity index (χ0) is 14.9. The van der Waals surface area contributed by atoms with Gasteiger partial charge in [0.05, 0.1) is 0 Å². The SMILES string of the molecule is CCOCCCn1ccnc1NCC(C)c1ccccc1. The molecule has 0 spiro atoms. The van der Waals surface area contributed by atoms with E-state index in [2.05, 4.69) is 52.1 Å². The van der Waals surface area contributed by atoms with Crippen molar-refractivity contribution in [2.24, 2.45) is 0 Å². The molecule has 114 valence electrons. The lowest BCUT2D eigenvalue weighted by atomic mass is 10.0. The summed E-state index contributed by atoms with van der Waals surface area (Å²) in [4.78, 5) is 4.39. The molecule has 4 nitrogen and oxygen atoms in total. The monoisotopic (exact) mass is 287 g/mol. The number of aryl methyl sites for hydroxylation is 1. The molecule has 1 atom stereocenters. The van der Waals surface area contributed by atoms with Crippen LogP contribution >= 0.6 is 0 Å². The smallest absolute Gasteiger partial charge is 0.202 e. The lowest BCUT2D eigenvalue weighted by Crippen LogP contribution is -2.14. The molecule has 0 saturated heterocycles. The summed E-state index contributed by atoms with van der Waals surface area (Å²) >= 11 is 0. The van der Waals surface area contributed by atoms with Gasteiger partial charge in [-0.05, 0) is 24.8 Å². The fourth-order valence-electron chi connectivity index (χ4n) is 2.28. The van der Waals surface area contributed by atoms with Crippen molar-refractivity contribution in [3.05, 3.63) is 48.3 Å². The summed E-state index contributed by atoms with van der Waals surface area (Å²) in [6, 6.07) is 10.6. The molecular formula is C17H25N3O. The highest BCUT2D eigenvalue weighted by Crippen LogP contribution is 2.15. The van der Waals surface area contributed by atoms with Crippen LogP contribution < -0.4 is 5.32 Å². The summed E-state index contributed by atoms with van der Waals surface area (Å²) < 4.78 is 7.52. The maximum Gasteiger partial charge on any atom is 0.202 e. The van der Waals surface area contributed by atoms with Crippen LogP contribution in [0.2, 0.25) is 0 Å². The molecule has 0 aliphatic rings. The Morgan fingerprint density at radius 1 is 1.29 bits per heavy atom. The van der Waals surface area contributed by atoms with Crippen LogP contribution in [0.3, 0.4) is 0 Å². The Morgan fingerprint density at radius 2 is 2.10 bits per heavy atom. The predicted octanol–water partition coefficient (Wildman–Crippen LogP) is 3.53. The van der Waals surface area contributed by atoms with E-state index in [1.165, 1.54) is 5.56 Å². The van der Waals surface area contributed by atoms with Gasteiger partial charge in [0.25, 0.3) is 0 Å². The van der Waals surface area contributed by atoms with E-state index in [0.717, 1.165) is 38.7 Å². The second-order valence-corrected chi connectivity index (χ2v) is 5.19. The van der Waals surface area contributed by atoms with E-state index in [4.69, 9.17) is 4.74 Å². The summed E-state index contributed by atoms with van der Waals surface area (Å²) in [7, 11) is 0. The molecule has 0 radical (unpaired) electrons. The molecule has 2 rings (SSSR count). The minimum Gasteiger partial charge on any atom is -0.382 e. The van der Waals surface area contributed by atoms with Crippen molar-refractivity contribution >= 4 is 5.95 Å². The summed E-state index contributed by atoms with van der Waals surface area (Å²) in [6.07, 6.45) is 4.87. The first-order valence-electron chi connectivity index (χ1n) is 7.69. The molecule has 21 heavy (non-hydrogen) atoms. The molecule has 1 heterocycles. The number of benzene rings is 1. The Balaban J connectivity index is 1.82. The van der Waals surface area contributed by atoms with Gasteiger partial charge in [-0.15, -0.1) is 0 Å². The molecule has 1 unspecified atom stereocenters. The van der Waals surface area contributed by atoms with E-state index in [1.807, 2.05) is 19.3 Å². The van der Waals surface area contributed by atoms with Crippen molar-refractivity contribution in [1.82, 2.24) is 9.55 Å². The fraction of sp³-hybridized carbons (Fsp3) is 0.471. The fourth-order valence-corrected chi connectivity index (χ4v) is 2.28. The zero-order valence-electron chi connectivity index (χ0n) is 13.0. The van der Waals surface area contributed by atoms with Crippen LogP contribution in [-0.4, -0.2) is 29.3 Å². The van der Waals surface area contributed by atoms with Crippen LogP contribution in [0, 0.1) is 0 Å². The number of anilines is 1. The minimum atomic E-state index is 0.458. The van der Waals surface area contributed by atoms with Crippen LogP contribution in [0.15, 0.2) is 42.7 Å². The van der Waals surface area contributed by atoms with E-state index >= 15 is 0 Å². The Kier molecular flexibility index (Phi) is 6.28. The van der Waals surface area contributed by atoms with Crippen molar-refractivity contribution < 1.29 is 4.74 Å². The summed E-state index contributed by atoms with van der Waals surface area (Å²) in [6.45, 7) is 7.65. The van der Waals surface area contributed by atoms with Gasteiger partial charge in [-0.25, -0.2) is 4.98 Å². The van der Waals surface area contributed by atoms with Crippen molar-refractivity contribution in [3.63, 3.8) is 0 Å². The van der Waals surface area contributed by atoms with E-state index in [0.29, 0.717) is 5.92 Å². The van der Waals surface area contributed by atoms with Gasteiger partial charge in [0, 0.05) is 38.7 Å². The Hall–Kier alpha value is -1.81. The van der Waals surface area contributed by atoms with E-state index in [-0.39, 0.29) is 0 Å². The molecule has 1 N–H and O–H groups in total. The molecule has 4 heteroatoms. The quantitative estimate of drug-likeness (QED) is 0.717. The molecule has 0 fully saturated rings. The third-order valence-corrected chi connectivity index (χ3v) is 3.54. The van der Waals surface area contributed by atoms with Gasteiger partial charge >= 0.3 is 0 Å². The topological polar surface area (TPSA) is 39.1 Å². The second-order valence-electron chi connectivity index (χ2n) is 5.19. The van der Waals surface area contributed by atoms with Crippen molar-refractivity contribution in [2.75, 3.05) is 25.1 Å². The van der Waals surface area contributed by atoms with Crippen LogP contribution in [0.1, 0.15) is 31.7 Å². The number of nitrogens with zero attached hydrogens (tertiary/aromatic N) is 2. The maximum atomic E-state index is 5.37. The van der Waals surface area contributed by atoms with Gasteiger partial charge in [0.2, 0.25) is 5.95 Å². The number of imidazole rings is 1. The molecule has 0 aliphatic heterocycles. The van der Waals surface area contributed by atoms with Crippen LogP contribution in [0.4, 0.5) is 5.95 Å². The molecular weight excluding hydrogens is 262 g/mol. The highest BCUT2D eigenvalue weighted by atomic mass is 16.5. The molecule has 1 aromatic carbocycles. The molecule has 1 aromatic heterocycles. The third kappa shape index (κ3) is 4.90. The summed E-state index contributed by atoms with van der Waals surface area (Å²) in [5.74, 6) is 1.40. The predicted molar refractivity (Wildman–Crippen MR) is 86.7 cm³/mol. The number of hydrogen-bond donors (Lipinski definition) is 1. The molecule has 0 bridgehead atoms. The average Bonchev–Trinajstić information content (AvgIpc) is 2.97. The number of aromatic nitrogens is 2. The lowest BCUT2D eigenvalue weighted by molar-refractivity contribution is 0.142. The molecule has 2 aromatic rings. The van der Waals surface area contributed by atoms with Crippen LogP contribution in [0.25, 0.3) is 0 Å². The molecule has 0 saturated carbocycles. The zero-order valence-corrected chi connectivity index (χ0v) is 13.0. The lowest BCUT2D eigenvalue weighted by Gasteiger charge is -2.15. The molecule has 0 amide bonds. The largest absolute Gasteiger partial charge is 0.382 e. The van der Waals surface area contributed by atoms with Gasteiger partial charge in [0.1, 0.15) is 0 Å². The highest BCUT2D eigenvalue weighted by molar-refractivity contribution is 5.28. The summed E-state index contributed by atoms with van der Waals surface area (Å²) in [5, 5.41) is 3.44. The maximum absolute atomic E-state index is 5.37. The standard InChI is InChI=1S/C17H25N3O/c1-3-21-13-7-11-20-12-10-18-17(20)19-14-15(2)16-8-5-4-6-9-16/h4-6,8-10,12,15H,3,7,11,13-14H2,1-2H3,(H,18,19). The van der Waals surface area contributed by atoms with Crippen LogP contribution in [0.5, 0.6) is 0 Å². The number of ether oxygens (including phenoxy) is 1. The third-order valence-electron chi connectivity index (χ3n) is 3.54. The number of rotatable bonds is 9. The number of hydrogen-bond acceptors (Lipinski definition) is 3. The van der Waals surface area contributed by atoms with Crippen LogP contribution in [-0.2, 0) is 11.3 Å². The van der Waals surface area contributed by atoms with Gasteiger partial charge in [0.15, 0.2) is 0 Å². The Bertz CT molecular complexity index is 510. The second kappa shape index (κ2) is 8.47. The number of nitrogens with one attached hydrogen (secondary N) is 1. The minimum absolute atomic E-state index is 0.458. The van der Waals surface area contributed by atoms with E-state index in [9.17, 15) is 0 Å². The summed E-state index contributed by atoms with van der Waals surface area (Å²) in [5.41, 5.74) is 1.35. The first-order chi connectivity index (χ1) is 10.3. The van der Waals surface area contributed by atoms with Gasteiger partial charge in [-0.2, -0.15) is 0 Å². The van der Waals surface area contributed by atoms with E-state index < -0.39 is 0 Å². The molecule has 0 aliphatic carbocycles. The van der Waals surface area contributed by atoms with Gasteiger partial charge in [-0.1, -0.05) is 37.3 Å². The van der Waals surface area contributed by atoms with Gasteiger partial charge < -0.3 is 14.6 Å². The van der Waals surface area contributed by atoms with E-state index in [1.54, 1.807) is 0 Å². The average molecular weight is 287 g/mol. The van der Waals surface area contributed by atoms with Crippen molar-refractivity contribution in [1.29, 1.82) is 0 Å². The van der Waals surface area contributed by atoms with Gasteiger partial charge in [-0.3, -0.25) is 0 Å². The first-order valence-corrected chi connectivity index (χ1v) is 7.69. The van der Waals surface area contributed by atoms with Crippen molar-refractivity contribution in [2.45, 2.75) is 32.7 Å². The Morgan fingerprint density at radius 3 is 2.86 bits per heavy atom. The Labute approximate surface area is 127 Å².